The molecule has 1 aromatic rings. The van der Waals surface area contributed by atoms with E-state index in [1.54, 1.807) is 0 Å². The summed E-state index contributed by atoms with van der Waals surface area (Å²) < 4.78 is 18.4. The highest BCUT2D eigenvalue weighted by Crippen LogP contribution is 2.29. The second kappa shape index (κ2) is 5.34. The van der Waals surface area contributed by atoms with Crippen LogP contribution in [0.1, 0.15) is 36.5 Å². The molecule has 0 aliphatic heterocycles. The summed E-state index contributed by atoms with van der Waals surface area (Å²) in [5.74, 6) is 0.527. The van der Waals surface area contributed by atoms with Crippen LogP contribution >= 0.6 is 0 Å². The molecule has 0 amide bonds. The molecule has 96 valence electrons. The van der Waals surface area contributed by atoms with Gasteiger partial charge in [-0.25, -0.2) is 4.39 Å². The van der Waals surface area contributed by atoms with Crippen LogP contribution in [-0.2, 0) is 0 Å². The highest BCUT2D eigenvalue weighted by atomic mass is 19.1. The molecule has 2 rings (SSSR count). The highest BCUT2D eigenvalue weighted by Gasteiger charge is 2.20. The summed E-state index contributed by atoms with van der Waals surface area (Å²) in [5.41, 5.74) is 1.09. The molecule has 1 unspecified atom stereocenters. The fourth-order valence-corrected chi connectivity index (χ4v) is 2.20. The topological polar surface area (TPSA) is 26.3 Å². The third-order valence-electron chi connectivity index (χ3n) is 3.37. The van der Waals surface area contributed by atoms with Gasteiger partial charge in [0.1, 0.15) is 11.6 Å². The molecule has 0 heterocycles. The Morgan fingerprint density at radius 2 is 2.22 bits per heavy atom. The Hall–Kier alpha value is -1.64. The number of benzene rings is 1. The van der Waals surface area contributed by atoms with E-state index in [1.165, 1.54) is 25.3 Å². The van der Waals surface area contributed by atoms with Crippen molar-refractivity contribution in [2.45, 2.75) is 26.2 Å². The first-order chi connectivity index (χ1) is 8.61. The molecule has 1 aromatic carbocycles. The molecule has 0 fully saturated rings. The van der Waals surface area contributed by atoms with Crippen LogP contribution in [0.15, 0.2) is 29.8 Å². The lowest BCUT2D eigenvalue weighted by atomic mass is 9.87. The number of rotatable bonds is 3. The quantitative estimate of drug-likeness (QED) is 0.761. The predicted molar refractivity (Wildman–Crippen MR) is 68.4 cm³/mol. The van der Waals surface area contributed by atoms with Crippen molar-refractivity contribution in [3.63, 3.8) is 0 Å². The number of carbonyl (C=O) groups excluding carboxylic acids is 1. The van der Waals surface area contributed by atoms with Gasteiger partial charge < -0.3 is 4.74 Å². The Bertz CT molecular complexity index is 491. The second-order valence-electron chi connectivity index (χ2n) is 4.78. The van der Waals surface area contributed by atoms with Gasteiger partial charge in [0.25, 0.3) is 0 Å². The molecule has 0 saturated heterocycles. The largest absolute Gasteiger partial charge is 0.496 e. The van der Waals surface area contributed by atoms with Crippen LogP contribution in [0.4, 0.5) is 4.39 Å². The lowest BCUT2D eigenvalue weighted by molar-refractivity contribution is 0.102. The van der Waals surface area contributed by atoms with Gasteiger partial charge in [-0.05, 0) is 49.0 Å². The first-order valence-corrected chi connectivity index (χ1v) is 6.19. The van der Waals surface area contributed by atoms with E-state index in [-0.39, 0.29) is 5.78 Å². The molecule has 1 aliphatic rings. The molecule has 0 spiro atoms. The van der Waals surface area contributed by atoms with Crippen LogP contribution in [0, 0.1) is 11.7 Å². The van der Waals surface area contributed by atoms with Crippen molar-refractivity contribution in [2.75, 3.05) is 7.11 Å². The van der Waals surface area contributed by atoms with Gasteiger partial charge in [-0.2, -0.15) is 0 Å². The zero-order chi connectivity index (χ0) is 13.1. The van der Waals surface area contributed by atoms with Gasteiger partial charge in [0, 0.05) is 0 Å². The SMILES string of the molecule is COc1ccc(F)cc1C(=O)C1=CCC(C)CC1. The minimum Gasteiger partial charge on any atom is -0.496 e. The van der Waals surface area contributed by atoms with E-state index in [9.17, 15) is 9.18 Å². The number of carbonyl (C=O) groups is 1. The van der Waals surface area contributed by atoms with Crippen molar-refractivity contribution in [2.24, 2.45) is 5.92 Å². The van der Waals surface area contributed by atoms with E-state index in [0.29, 0.717) is 17.2 Å². The van der Waals surface area contributed by atoms with E-state index in [1.807, 2.05) is 6.08 Å². The molecule has 0 radical (unpaired) electrons. The molecule has 0 aromatic heterocycles. The van der Waals surface area contributed by atoms with Gasteiger partial charge in [0.2, 0.25) is 0 Å². The van der Waals surface area contributed by atoms with E-state index in [2.05, 4.69) is 6.92 Å². The maximum atomic E-state index is 13.2. The first-order valence-electron chi connectivity index (χ1n) is 6.19. The molecule has 18 heavy (non-hydrogen) atoms. The third kappa shape index (κ3) is 2.61. The second-order valence-corrected chi connectivity index (χ2v) is 4.78. The summed E-state index contributed by atoms with van der Waals surface area (Å²) in [7, 11) is 1.49. The van der Waals surface area contributed by atoms with E-state index >= 15 is 0 Å². The Morgan fingerprint density at radius 3 is 2.83 bits per heavy atom. The smallest absolute Gasteiger partial charge is 0.192 e. The zero-order valence-corrected chi connectivity index (χ0v) is 10.7. The van der Waals surface area contributed by atoms with Gasteiger partial charge in [0.05, 0.1) is 12.7 Å². The number of ketones is 1. The predicted octanol–water partition coefficient (Wildman–Crippen LogP) is 3.76. The van der Waals surface area contributed by atoms with Crippen LogP contribution < -0.4 is 4.74 Å². The zero-order valence-electron chi connectivity index (χ0n) is 10.7. The Kier molecular flexibility index (Phi) is 3.80. The lowest BCUT2D eigenvalue weighted by Crippen LogP contribution is -2.11. The molecule has 0 bridgehead atoms. The van der Waals surface area contributed by atoms with Crippen molar-refractivity contribution in [1.29, 1.82) is 0 Å². The Labute approximate surface area is 106 Å². The van der Waals surface area contributed by atoms with Gasteiger partial charge in [0.15, 0.2) is 5.78 Å². The molecular formula is C15H17FO2. The van der Waals surface area contributed by atoms with Crippen LogP contribution in [0.5, 0.6) is 5.75 Å². The standard InChI is InChI=1S/C15H17FO2/c1-10-3-5-11(6-4-10)15(17)13-9-12(16)7-8-14(13)18-2/h5,7-10H,3-4,6H2,1-2H3. The van der Waals surface area contributed by atoms with Gasteiger partial charge in [-0.1, -0.05) is 13.0 Å². The van der Waals surface area contributed by atoms with Crippen LogP contribution in [-0.4, -0.2) is 12.9 Å². The lowest BCUT2D eigenvalue weighted by Gasteiger charge is -2.18. The average molecular weight is 248 g/mol. The number of methoxy groups -OCH3 is 1. The summed E-state index contributed by atoms with van der Waals surface area (Å²) >= 11 is 0. The van der Waals surface area contributed by atoms with E-state index < -0.39 is 5.82 Å². The van der Waals surface area contributed by atoms with Crippen molar-refractivity contribution in [3.05, 3.63) is 41.2 Å². The Morgan fingerprint density at radius 1 is 1.44 bits per heavy atom. The summed E-state index contributed by atoms with van der Waals surface area (Å²) in [6, 6.07) is 4.04. The summed E-state index contributed by atoms with van der Waals surface area (Å²) in [5, 5.41) is 0. The van der Waals surface area contributed by atoms with Gasteiger partial charge >= 0.3 is 0 Å². The number of Topliss-reactive ketones (excluding diaryl/α,β-unsaturated/α-hetero) is 1. The average Bonchev–Trinajstić information content (AvgIpc) is 2.39. The minimum absolute atomic E-state index is 0.113. The third-order valence-corrected chi connectivity index (χ3v) is 3.37. The number of hydrogen-bond donors (Lipinski definition) is 0. The van der Waals surface area contributed by atoms with Crippen molar-refractivity contribution < 1.29 is 13.9 Å². The maximum absolute atomic E-state index is 13.2. The number of ether oxygens (including phenoxy) is 1. The van der Waals surface area contributed by atoms with Crippen molar-refractivity contribution >= 4 is 5.78 Å². The van der Waals surface area contributed by atoms with E-state index in [4.69, 9.17) is 4.74 Å². The van der Waals surface area contributed by atoms with Crippen LogP contribution in [0.25, 0.3) is 0 Å². The number of hydrogen-bond acceptors (Lipinski definition) is 2. The van der Waals surface area contributed by atoms with Gasteiger partial charge in [-0.3, -0.25) is 4.79 Å². The van der Waals surface area contributed by atoms with E-state index in [0.717, 1.165) is 24.8 Å². The first kappa shape index (κ1) is 12.8. The van der Waals surface area contributed by atoms with Crippen LogP contribution in [0.2, 0.25) is 0 Å². The monoisotopic (exact) mass is 248 g/mol. The molecule has 3 heteroatoms. The number of halogens is 1. The molecular weight excluding hydrogens is 231 g/mol. The molecule has 0 N–H and O–H groups in total. The Balaban J connectivity index is 2.31. The minimum atomic E-state index is -0.413. The highest BCUT2D eigenvalue weighted by molar-refractivity contribution is 6.10. The summed E-state index contributed by atoms with van der Waals surface area (Å²) in [6.45, 7) is 2.17. The van der Waals surface area contributed by atoms with Crippen molar-refractivity contribution in [1.82, 2.24) is 0 Å². The molecule has 0 saturated carbocycles. The molecule has 2 nitrogen and oxygen atoms in total. The molecule has 1 atom stereocenters. The molecule has 1 aliphatic carbocycles. The fraction of sp³-hybridized carbons (Fsp3) is 0.400. The summed E-state index contributed by atoms with van der Waals surface area (Å²) in [4.78, 5) is 12.3. The summed E-state index contributed by atoms with van der Waals surface area (Å²) in [6.07, 6.45) is 4.66. The van der Waals surface area contributed by atoms with Crippen LogP contribution in [0.3, 0.4) is 0 Å². The number of allylic oxidation sites excluding steroid dienone is 2. The van der Waals surface area contributed by atoms with Crippen molar-refractivity contribution in [3.8, 4) is 5.75 Å². The normalized spacial score (nSPS) is 19.3. The fourth-order valence-electron chi connectivity index (χ4n) is 2.20. The van der Waals surface area contributed by atoms with Gasteiger partial charge in [-0.15, -0.1) is 0 Å². The maximum Gasteiger partial charge on any atom is 0.192 e.